The summed E-state index contributed by atoms with van der Waals surface area (Å²) in [7, 11) is 0. The Hall–Kier alpha value is -1.06. The van der Waals surface area contributed by atoms with Crippen molar-refractivity contribution in [3.8, 4) is 0 Å². The molecule has 2 amide bonds. The fourth-order valence-corrected chi connectivity index (χ4v) is 3.45. The zero-order valence-corrected chi connectivity index (χ0v) is 13.1. The molecule has 1 saturated carbocycles. The minimum absolute atomic E-state index is 0.0394. The lowest BCUT2D eigenvalue weighted by Gasteiger charge is -2.44. The summed E-state index contributed by atoms with van der Waals surface area (Å²) in [5, 5.41) is 2.88. The number of hydrogen-bond acceptors (Lipinski definition) is 2. The second kappa shape index (κ2) is 3.74. The number of piperazine rings is 1. The molecular weight excluding hydrogens is 240 g/mol. The molecule has 2 rings (SSSR count). The van der Waals surface area contributed by atoms with Gasteiger partial charge in [-0.3, -0.25) is 9.59 Å². The second-order valence-electron chi connectivity index (χ2n) is 7.41. The molecule has 2 unspecified atom stereocenters. The minimum atomic E-state index is -0.752. The lowest BCUT2D eigenvalue weighted by Crippen LogP contribution is -2.69. The van der Waals surface area contributed by atoms with Crippen LogP contribution in [0.1, 0.15) is 54.9 Å². The summed E-state index contributed by atoms with van der Waals surface area (Å²) < 4.78 is 0. The molecule has 0 spiro atoms. The van der Waals surface area contributed by atoms with Gasteiger partial charge in [0.2, 0.25) is 11.8 Å². The Morgan fingerprint density at radius 2 is 1.58 bits per heavy atom. The molecule has 108 valence electrons. The maximum absolute atomic E-state index is 12.8. The van der Waals surface area contributed by atoms with Crippen molar-refractivity contribution in [2.45, 2.75) is 72.5 Å². The Bertz CT molecular complexity index is 427. The molecule has 1 aliphatic heterocycles. The van der Waals surface area contributed by atoms with E-state index >= 15 is 0 Å². The van der Waals surface area contributed by atoms with Gasteiger partial charge >= 0.3 is 0 Å². The molecule has 1 heterocycles. The van der Waals surface area contributed by atoms with Crippen molar-refractivity contribution in [1.82, 2.24) is 10.2 Å². The lowest BCUT2D eigenvalue weighted by molar-refractivity contribution is -0.155. The summed E-state index contributed by atoms with van der Waals surface area (Å²) in [6, 6.07) is -0.238. The third kappa shape index (κ3) is 1.65. The van der Waals surface area contributed by atoms with E-state index in [2.05, 4.69) is 33.0 Å². The molecule has 0 aromatic heterocycles. The highest BCUT2D eigenvalue weighted by Crippen LogP contribution is 2.66. The van der Waals surface area contributed by atoms with Crippen LogP contribution in [0.25, 0.3) is 0 Å². The number of hydrogen-bond donors (Lipinski definition) is 1. The van der Waals surface area contributed by atoms with Crippen LogP contribution in [-0.4, -0.2) is 34.3 Å². The highest BCUT2D eigenvalue weighted by molar-refractivity contribution is 5.99. The summed E-state index contributed by atoms with van der Waals surface area (Å²) in [5.74, 6) is 0.0215. The van der Waals surface area contributed by atoms with Crippen molar-refractivity contribution in [1.29, 1.82) is 0 Å². The summed E-state index contributed by atoms with van der Waals surface area (Å²) in [6.45, 7) is 14.3. The van der Waals surface area contributed by atoms with Crippen LogP contribution in [-0.2, 0) is 9.59 Å². The van der Waals surface area contributed by atoms with E-state index in [4.69, 9.17) is 0 Å². The maximum Gasteiger partial charge on any atom is 0.248 e. The van der Waals surface area contributed by atoms with E-state index in [9.17, 15) is 9.59 Å². The zero-order chi connectivity index (χ0) is 14.8. The smallest absolute Gasteiger partial charge is 0.248 e. The average molecular weight is 266 g/mol. The van der Waals surface area contributed by atoms with Gasteiger partial charge in [-0.25, -0.2) is 0 Å². The Kier molecular flexibility index (Phi) is 2.82. The first-order chi connectivity index (χ1) is 8.50. The second-order valence-corrected chi connectivity index (χ2v) is 7.41. The number of carbonyl (C=O) groups excluding carboxylic acids is 2. The van der Waals surface area contributed by atoms with Crippen LogP contribution >= 0.6 is 0 Å². The molecule has 2 fully saturated rings. The highest BCUT2D eigenvalue weighted by Gasteiger charge is 2.70. The molecular formula is C15H26N2O2. The van der Waals surface area contributed by atoms with Gasteiger partial charge in [0.15, 0.2) is 0 Å². The van der Waals surface area contributed by atoms with Crippen molar-refractivity contribution >= 4 is 11.8 Å². The van der Waals surface area contributed by atoms with Crippen LogP contribution in [0.15, 0.2) is 0 Å². The first-order valence-electron chi connectivity index (χ1n) is 7.15. The van der Waals surface area contributed by atoms with Crippen LogP contribution in [0.3, 0.4) is 0 Å². The lowest BCUT2D eigenvalue weighted by atomic mass is 9.91. The third-order valence-corrected chi connectivity index (χ3v) is 5.83. The fourth-order valence-electron chi connectivity index (χ4n) is 3.45. The van der Waals surface area contributed by atoms with Gasteiger partial charge in [0.05, 0.1) is 0 Å². The van der Waals surface area contributed by atoms with Gasteiger partial charge in [0, 0.05) is 6.04 Å². The van der Waals surface area contributed by atoms with E-state index in [1.54, 1.807) is 0 Å². The first-order valence-corrected chi connectivity index (χ1v) is 7.15. The van der Waals surface area contributed by atoms with Gasteiger partial charge in [-0.05, 0) is 31.1 Å². The number of rotatable bonds is 2. The molecule has 1 aliphatic carbocycles. The Morgan fingerprint density at radius 1 is 1.11 bits per heavy atom. The number of nitrogens with zero attached hydrogens (tertiary/aromatic N) is 1. The average Bonchev–Trinajstić information content (AvgIpc) is 2.70. The van der Waals surface area contributed by atoms with E-state index in [0.717, 1.165) is 0 Å². The molecule has 2 aliphatic rings. The summed E-state index contributed by atoms with van der Waals surface area (Å²) in [6.07, 6.45) is 0.619. The molecule has 1 saturated heterocycles. The largest absolute Gasteiger partial charge is 0.340 e. The van der Waals surface area contributed by atoms with E-state index in [1.807, 2.05) is 25.7 Å². The zero-order valence-electron chi connectivity index (χ0n) is 13.1. The first kappa shape index (κ1) is 14.4. The van der Waals surface area contributed by atoms with E-state index < -0.39 is 5.54 Å². The Labute approximate surface area is 115 Å². The van der Waals surface area contributed by atoms with Crippen LogP contribution in [0.4, 0.5) is 0 Å². The van der Waals surface area contributed by atoms with Crippen molar-refractivity contribution in [2.75, 3.05) is 0 Å². The summed E-state index contributed by atoms with van der Waals surface area (Å²) in [4.78, 5) is 26.8. The summed E-state index contributed by atoms with van der Waals surface area (Å²) in [5.41, 5.74) is -0.634. The Balaban J connectivity index is 2.39. The van der Waals surface area contributed by atoms with Gasteiger partial charge < -0.3 is 10.2 Å². The normalized spacial score (nSPS) is 37.2. The SMILES string of the molecule is CCC1(C)NC(=O)C(C)N(C2C(C)(C)C2(C)C)C1=O. The van der Waals surface area contributed by atoms with E-state index in [-0.39, 0.29) is 34.7 Å². The minimum Gasteiger partial charge on any atom is -0.340 e. The van der Waals surface area contributed by atoms with Crippen molar-refractivity contribution in [3.63, 3.8) is 0 Å². The van der Waals surface area contributed by atoms with Crippen molar-refractivity contribution < 1.29 is 9.59 Å². The van der Waals surface area contributed by atoms with Crippen LogP contribution in [0.2, 0.25) is 0 Å². The molecule has 0 bridgehead atoms. The molecule has 19 heavy (non-hydrogen) atoms. The molecule has 0 aromatic carbocycles. The Morgan fingerprint density at radius 3 is 1.95 bits per heavy atom. The van der Waals surface area contributed by atoms with Crippen molar-refractivity contribution in [2.24, 2.45) is 10.8 Å². The van der Waals surface area contributed by atoms with Crippen molar-refractivity contribution in [3.05, 3.63) is 0 Å². The molecule has 4 heteroatoms. The van der Waals surface area contributed by atoms with Crippen LogP contribution in [0, 0.1) is 10.8 Å². The number of nitrogens with one attached hydrogen (secondary N) is 1. The molecule has 1 N–H and O–H groups in total. The van der Waals surface area contributed by atoms with Gasteiger partial charge in [-0.1, -0.05) is 34.6 Å². The quantitative estimate of drug-likeness (QED) is 0.830. The molecule has 2 atom stereocenters. The van der Waals surface area contributed by atoms with Gasteiger partial charge in [-0.2, -0.15) is 0 Å². The van der Waals surface area contributed by atoms with Crippen LogP contribution in [0.5, 0.6) is 0 Å². The van der Waals surface area contributed by atoms with Gasteiger partial charge in [0.25, 0.3) is 0 Å². The predicted octanol–water partition coefficient (Wildman–Crippen LogP) is 1.94. The maximum atomic E-state index is 12.8. The van der Waals surface area contributed by atoms with Gasteiger partial charge in [0.1, 0.15) is 11.6 Å². The standard InChI is InChI=1S/C15H26N2O2/c1-8-15(7)12(19)17(9(2)10(18)16-15)11-13(3,4)14(11,5)6/h9,11H,8H2,1-7H3,(H,16,18). The molecule has 4 nitrogen and oxygen atoms in total. The number of carbonyl (C=O) groups is 2. The predicted molar refractivity (Wildman–Crippen MR) is 74.5 cm³/mol. The van der Waals surface area contributed by atoms with E-state index in [1.165, 1.54) is 0 Å². The fraction of sp³-hybridized carbons (Fsp3) is 0.867. The highest BCUT2D eigenvalue weighted by atomic mass is 16.2. The van der Waals surface area contributed by atoms with Crippen LogP contribution < -0.4 is 5.32 Å². The molecule has 0 aromatic rings. The monoisotopic (exact) mass is 266 g/mol. The van der Waals surface area contributed by atoms with E-state index in [0.29, 0.717) is 6.42 Å². The van der Waals surface area contributed by atoms with Gasteiger partial charge in [-0.15, -0.1) is 0 Å². The summed E-state index contributed by atoms with van der Waals surface area (Å²) >= 11 is 0. The topological polar surface area (TPSA) is 49.4 Å². The molecule has 0 radical (unpaired) electrons. The number of amides is 2. The third-order valence-electron chi connectivity index (χ3n) is 5.83.